The molecule has 1 heterocycles. The van der Waals surface area contributed by atoms with Crippen LogP contribution >= 0.6 is 0 Å². The highest BCUT2D eigenvalue weighted by Crippen LogP contribution is 2.38. The summed E-state index contributed by atoms with van der Waals surface area (Å²) in [5, 5.41) is 6.17. The first-order valence-corrected chi connectivity index (χ1v) is 12.0. The molecular formula is C29H31FN4O2. The molecule has 186 valence electrons. The molecule has 0 spiro atoms. The van der Waals surface area contributed by atoms with E-state index in [4.69, 9.17) is 0 Å². The molecule has 6 nitrogen and oxygen atoms in total. The van der Waals surface area contributed by atoms with Gasteiger partial charge in [-0.05, 0) is 62.1 Å². The van der Waals surface area contributed by atoms with Crippen LogP contribution in [0.25, 0.3) is 11.3 Å². The molecule has 0 radical (unpaired) electrons. The van der Waals surface area contributed by atoms with E-state index in [-0.39, 0.29) is 17.7 Å². The van der Waals surface area contributed by atoms with E-state index in [9.17, 15) is 14.0 Å². The van der Waals surface area contributed by atoms with Crippen molar-refractivity contribution in [2.75, 3.05) is 42.7 Å². The summed E-state index contributed by atoms with van der Waals surface area (Å²) >= 11 is 0. The fourth-order valence-corrected chi connectivity index (χ4v) is 4.12. The summed E-state index contributed by atoms with van der Waals surface area (Å²) in [5.74, 6) is -0.757. The number of nitrogens with one attached hydrogen (secondary N) is 2. The van der Waals surface area contributed by atoms with Gasteiger partial charge in [-0.3, -0.25) is 9.59 Å². The zero-order valence-corrected chi connectivity index (χ0v) is 21.0. The van der Waals surface area contributed by atoms with Crippen molar-refractivity contribution >= 4 is 40.1 Å². The van der Waals surface area contributed by atoms with Gasteiger partial charge in [0.2, 0.25) is 5.91 Å². The van der Waals surface area contributed by atoms with Gasteiger partial charge in [-0.2, -0.15) is 0 Å². The standard InChI is InChI=1S/C29H31FN4O2/c1-19(2)29(36)34(17-16-33(3)4)23-13-11-22(12-14-23)31-27(20-8-6-5-7-9-20)26-24-15-10-21(30)18-25(24)32-28(26)35/h5-15,18-19,31H,16-17H2,1-4H3,(H,32,35). The Bertz CT molecular complexity index is 1280. The minimum absolute atomic E-state index is 0.0658. The summed E-state index contributed by atoms with van der Waals surface area (Å²) in [6, 6.07) is 21.5. The molecule has 0 unspecified atom stereocenters. The maximum atomic E-state index is 13.8. The smallest absolute Gasteiger partial charge is 0.258 e. The van der Waals surface area contributed by atoms with Crippen LogP contribution in [0.4, 0.5) is 21.5 Å². The van der Waals surface area contributed by atoms with Crippen LogP contribution in [0.15, 0.2) is 72.8 Å². The molecule has 36 heavy (non-hydrogen) atoms. The molecule has 0 aromatic heterocycles. The molecule has 1 aliphatic rings. The van der Waals surface area contributed by atoms with Crippen LogP contribution in [0.5, 0.6) is 0 Å². The summed E-state index contributed by atoms with van der Waals surface area (Å²) in [5.41, 5.74) is 4.56. The summed E-state index contributed by atoms with van der Waals surface area (Å²) in [4.78, 5) is 29.7. The number of fused-ring (bicyclic) bond motifs is 1. The quantitative estimate of drug-likeness (QED) is 0.424. The second-order valence-electron chi connectivity index (χ2n) is 9.38. The molecule has 0 atom stereocenters. The van der Waals surface area contributed by atoms with Crippen molar-refractivity contribution in [3.05, 3.63) is 89.7 Å². The minimum Gasteiger partial charge on any atom is -0.354 e. The Kier molecular flexibility index (Phi) is 7.50. The zero-order chi connectivity index (χ0) is 25.8. The summed E-state index contributed by atoms with van der Waals surface area (Å²) < 4.78 is 13.8. The molecular weight excluding hydrogens is 455 g/mol. The van der Waals surface area contributed by atoms with Gasteiger partial charge in [0.1, 0.15) is 5.82 Å². The Morgan fingerprint density at radius 3 is 2.31 bits per heavy atom. The molecule has 2 N–H and O–H groups in total. The van der Waals surface area contributed by atoms with Gasteiger partial charge in [-0.25, -0.2) is 4.39 Å². The first kappa shape index (κ1) is 25.1. The number of rotatable bonds is 8. The number of halogens is 1. The molecule has 0 saturated carbocycles. The van der Waals surface area contributed by atoms with Gasteiger partial charge in [-0.1, -0.05) is 44.2 Å². The average Bonchev–Trinajstić information content (AvgIpc) is 3.18. The average molecular weight is 487 g/mol. The number of benzene rings is 3. The topological polar surface area (TPSA) is 64.7 Å². The van der Waals surface area contributed by atoms with Gasteiger partial charge >= 0.3 is 0 Å². The maximum Gasteiger partial charge on any atom is 0.258 e. The van der Waals surface area contributed by atoms with Gasteiger partial charge in [-0.15, -0.1) is 0 Å². The van der Waals surface area contributed by atoms with Crippen molar-refractivity contribution in [2.45, 2.75) is 13.8 Å². The van der Waals surface area contributed by atoms with Crippen LogP contribution in [0.1, 0.15) is 25.0 Å². The van der Waals surface area contributed by atoms with Gasteiger partial charge in [0.15, 0.2) is 0 Å². The van der Waals surface area contributed by atoms with Gasteiger partial charge < -0.3 is 20.4 Å². The molecule has 3 aromatic rings. The van der Waals surface area contributed by atoms with Gasteiger partial charge in [0.25, 0.3) is 5.91 Å². The highest BCUT2D eigenvalue weighted by atomic mass is 19.1. The lowest BCUT2D eigenvalue weighted by Crippen LogP contribution is -2.39. The summed E-state index contributed by atoms with van der Waals surface area (Å²) in [7, 11) is 3.96. The summed E-state index contributed by atoms with van der Waals surface area (Å²) in [6.07, 6.45) is 0. The van der Waals surface area contributed by atoms with E-state index in [2.05, 4.69) is 10.6 Å². The Morgan fingerprint density at radius 1 is 0.972 bits per heavy atom. The normalized spacial score (nSPS) is 14.0. The van der Waals surface area contributed by atoms with Crippen LogP contribution < -0.4 is 15.5 Å². The minimum atomic E-state index is -0.408. The lowest BCUT2D eigenvalue weighted by atomic mass is 10.00. The van der Waals surface area contributed by atoms with Crippen molar-refractivity contribution in [1.82, 2.24) is 4.90 Å². The molecule has 7 heteroatoms. The SMILES string of the molecule is CC(C)C(=O)N(CCN(C)C)c1ccc(NC(=C2C(=O)Nc3cc(F)ccc32)c2ccccc2)cc1. The third-order valence-electron chi connectivity index (χ3n) is 6.02. The van der Waals surface area contributed by atoms with E-state index in [1.54, 1.807) is 11.0 Å². The Balaban J connectivity index is 1.70. The highest BCUT2D eigenvalue weighted by Gasteiger charge is 2.29. The molecule has 0 aliphatic carbocycles. The zero-order valence-electron chi connectivity index (χ0n) is 21.0. The second kappa shape index (κ2) is 10.7. The van der Waals surface area contributed by atoms with E-state index in [1.165, 1.54) is 12.1 Å². The lowest BCUT2D eigenvalue weighted by Gasteiger charge is -2.26. The van der Waals surface area contributed by atoms with Crippen molar-refractivity contribution < 1.29 is 14.0 Å². The van der Waals surface area contributed by atoms with E-state index in [0.29, 0.717) is 29.1 Å². The van der Waals surface area contributed by atoms with E-state index < -0.39 is 5.82 Å². The second-order valence-corrected chi connectivity index (χ2v) is 9.38. The highest BCUT2D eigenvalue weighted by molar-refractivity contribution is 6.37. The van der Waals surface area contributed by atoms with Crippen molar-refractivity contribution in [3.63, 3.8) is 0 Å². The number of hydrogen-bond acceptors (Lipinski definition) is 4. The molecule has 0 bridgehead atoms. The fourth-order valence-electron chi connectivity index (χ4n) is 4.12. The molecule has 0 saturated heterocycles. The number of likely N-dealkylation sites (N-methyl/N-ethyl adjacent to an activating group) is 1. The number of carbonyl (C=O) groups excluding carboxylic acids is 2. The monoisotopic (exact) mass is 486 g/mol. The lowest BCUT2D eigenvalue weighted by molar-refractivity contribution is -0.121. The van der Waals surface area contributed by atoms with Crippen LogP contribution in [0.3, 0.4) is 0 Å². The third kappa shape index (κ3) is 5.47. The molecule has 3 aromatic carbocycles. The number of anilines is 3. The van der Waals surface area contributed by atoms with Gasteiger partial charge in [0, 0.05) is 35.9 Å². The Labute approximate surface area is 211 Å². The first-order chi connectivity index (χ1) is 17.2. The number of carbonyl (C=O) groups is 2. The largest absolute Gasteiger partial charge is 0.354 e. The predicted octanol–water partition coefficient (Wildman–Crippen LogP) is 5.31. The van der Waals surface area contributed by atoms with Crippen LogP contribution in [-0.4, -0.2) is 43.9 Å². The summed E-state index contributed by atoms with van der Waals surface area (Å²) in [6.45, 7) is 5.13. The first-order valence-electron chi connectivity index (χ1n) is 12.0. The van der Waals surface area contributed by atoms with E-state index in [0.717, 1.165) is 23.5 Å². The van der Waals surface area contributed by atoms with Crippen LogP contribution in [0.2, 0.25) is 0 Å². The molecule has 0 fully saturated rings. The molecule has 2 amide bonds. The fraction of sp³-hybridized carbons (Fsp3) is 0.241. The van der Waals surface area contributed by atoms with Crippen LogP contribution in [-0.2, 0) is 9.59 Å². The number of hydrogen-bond donors (Lipinski definition) is 2. The van der Waals surface area contributed by atoms with Crippen LogP contribution in [0, 0.1) is 11.7 Å². The van der Waals surface area contributed by atoms with E-state index >= 15 is 0 Å². The number of amides is 2. The number of nitrogens with zero attached hydrogens (tertiary/aromatic N) is 2. The van der Waals surface area contributed by atoms with Crippen molar-refractivity contribution in [2.24, 2.45) is 5.92 Å². The molecule has 4 rings (SSSR count). The van der Waals surface area contributed by atoms with Crippen molar-refractivity contribution in [1.29, 1.82) is 0 Å². The predicted molar refractivity (Wildman–Crippen MR) is 144 cm³/mol. The molecule has 1 aliphatic heterocycles. The Morgan fingerprint density at radius 2 is 1.67 bits per heavy atom. The Hall–Kier alpha value is -3.97. The van der Waals surface area contributed by atoms with Gasteiger partial charge in [0.05, 0.1) is 17.0 Å². The maximum absolute atomic E-state index is 13.8. The third-order valence-corrected chi connectivity index (χ3v) is 6.02. The van der Waals surface area contributed by atoms with Crippen molar-refractivity contribution in [3.8, 4) is 0 Å². The van der Waals surface area contributed by atoms with E-state index in [1.807, 2.05) is 87.4 Å².